The Morgan fingerprint density at radius 1 is 1.16 bits per heavy atom. The van der Waals surface area contributed by atoms with Crippen molar-refractivity contribution in [1.82, 2.24) is 19.5 Å². The van der Waals surface area contributed by atoms with Gasteiger partial charge in [0.1, 0.15) is 18.3 Å². The standard InChI is InChI=1S/C19H16F3N5O5/c20-19(21,22)9-4-1-8(2-5-9)3-6-11-24-12-15(25-18(23)26-16(12)31)27(11)17-14(30)13(29)10(7-28)32-17/h1-2,4-5,10,13-14,17,28-30H,7H2,(H3,23,25,26,31)/t10-,13?,14?,17-/m1/s1. The SMILES string of the molecule is Nc1nc2c(nc(C#Cc3ccc(C(F)(F)F)cc3)n2[C@@H]2O[C@H](CO)C(O)C2O)c(=O)[nH]1. The topological polar surface area (TPSA) is 160 Å². The Hall–Kier alpha value is -3.44. The Balaban J connectivity index is 1.82. The van der Waals surface area contributed by atoms with Gasteiger partial charge >= 0.3 is 6.18 Å². The van der Waals surface area contributed by atoms with Crippen LogP contribution in [0.2, 0.25) is 0 Å². The maximum atomic E-state index is 12.7. The number of alkyl halides is 3. The summed E-state index contributed by atoms with van der Waals surface area (Å²) in [7, 11) is 0. The zero-order valence-electron chi connectivity index (χ0n) is 16.0. The van der Waals surface area contributed by atoms with Crippen molar-refractivity contribution in [3.63, 3.8) is 0 Å². The highest BCUT2D eigenvalue weighted by Gasteiger charge is 2.45. The fourth-order valence-electron chi connectivity index (χ4n) is 3.29. The zero-order chi connectivity index (χ0) is 23.2. The first-order chi connectivity index (χ1) is 15.1. The largest absolute Gasteiger partial charge is 0.416 e. The van der Waals surface area contributed by atoms with Gasteiger partial charge in [-0.25, -0.2) is 4.98 Å². The lowest BCUT2D eigenvalue weighted by atomic mass is 10.1. The molecule has 1 fully saturated rings. The van der Waals surface area contributed by atoms with Crippen LogP contribution in [0.4, 0.5) is 19.1 Å². The number of hydrogen-bond acceptors (Lipinski definition) is 8. The molecular weight excluding hydrogens is 435 g/mol. The number of aromatic nitrogens is 4. The van der Waals surface area contributed by atoms with Crippen LogP contribution in [0.5, 0.6) is 0 Å². The number of imidazole rings is 1. The van der Waals surface area contributed by atoms with Crippen LogP contribution in [0.15, 0.2) is 29.1 Å². The molecule has 1 aliphatic heterocycles. The van der Waals surface area contributed by atoms with E-state index in [4.69, 9.17) is 10.5 Å². The van der Waals surface area contributed by atoms with Crippen LogP contribution in [0.3, 0.4) is 0 Å². The minimum Gasteiger partial charge on any atom is -0.394 e. The number of nitrogens with zero attached hydrogens (tertiary/aromatic N) is 3. The highest BCUT2D eigenvalue weighted by Crippen LogP contribution is 2.32. The number of nitrogens with one attached hydrogen (secondary N) is 1. The Kier molecular flexibility index (Phi) is 5.39. The van der Waals surface area contributed by atoms with Gasteiger partial charge in [-0.05, 0) is 30.2 Å². The molecule has 0 saturated carbocycles. The maximum absolute atomic E-state index is 12.7. The van der Waals surface area contributed by atoms with E-state index in [0.29, 0.717) is 0 Å². The summed E-state index contributed by atoms with van der Waals surface area (Å²) in [6.45, 7) is -0.593. The van der Waals surface area contributed by atoms with Gasteiger partial charge in [0, 0.05) is 5.56 Å². The number of H-pyrrole nitrogens is 1. The third kappa shape index (κ3) is 3.80. The summed E-state index contributed by atoms with van der Waals surface area (Å²) in [6.07, 6.45) is -9.91. The molecule has 0 spiro atoms. The number of ether oxygens (including phenoxy) is 1. The summed E-state index contributed by atoms with van der Waals surface area (Å²) >= 11 is 0. The normalized spacial score (nSPS) is 23.3. The fraction of sp³-hybridized carbons (Fsp3) is 0.316. The third-order valence-corrected chi connectivity index (χ3v) is 4.87. The van der Waals surface area contributed by atoms with Gasteiger partial charge in [-0.15, -0.1) is 0 Å². The molecule has 4 atom stereocenters. The average molecular weight is 451 g/mol. The fourth-order valence-corrected chi connectivity index (χ4v) is 3.29. The lowest BCUT2D eigenvalue weighted by molar-refractivity contribution is -0.137. The van der Waals surface area contributed by atoms with Crippen molar-refractivity contribution in [2.45, 2.75) is 30.7 Å². The third-order valence-electron chi connectivity index (χ3n) is 4.87. The van der Waals surface area contributed by atoms with E-state index >= 15 is 0 Å². The van der Waals surface area contributed by atoms with Gasteiger partial charge in [0.2, 0.25) is 5.95 Å². The van der Waals surface area contributed by atoms with E-state index < -0.39 is 48.4 Å². The van der Waals surface area contributed by atoms with Crippen LogP contribution >= 0.6 is 0 Å². The first-order valence-corrected chi connectivity index (χ1v) is 9.19. The molecule has 2 unspecified atom stereocenters. The van der Waals surface area contributed by atoms with E-state index in [1.165, 1.54) is 12.1 Å². The number of anilines is 1. The van der Waals surface area contributed by atoms with Crippen molar-refractivity contribution in [1.29, 1.82) is 0 Å². The van der Waals surface area contributed by atoms with Crippen LogP contribution < -0.4 is 11.3 Å². The molecule has 0 amide bonds. The lowest BCUT2D eigenvalue weighted by Crippen LogP contribution is -2.33. The number of nitrogen functional groups attached to an aromatic ring is 1. The van der Waals surface area contributed by atoms with Crippen LogP contribution in [0.25, 0.3) is 11.2 Å². The zero-order valence-corrected chi connectivity index (χ0v) is 16.0. The molecule has 0 aliphatic carbocycles. The molecule has 1 aromatic carbocycles. The predicted octanol–water partition coefficient (Wildman–Crippen LogP) is -0.268. The van der Waals surface area contributed by atoms with Crippen molar-refractivity contribution in [2.75, 3.05) is 12.3 Å². The number of fused-ring (bicyclic) bond motifs is 1. The van der Waals surface area contributed by atoms with E-state index in [9.17, 15) is 33.3 Å². The van der Waals surface area contributed by atoms with Gasteiger partial charge in [0.25, 0.3) is 5.56 Å². The second-order valence-electron chi connectivity index (χ2n) is 6.98. The molecule has 13 heteroatoms. The second-order valence-corrected chi connectivity index (χ2v) is 6.98. The Labute approximate surface area is 177 Å². The molecule has 3 heterocycles. The highest BCUT2D eigenvalue weighted by molar-refractivity contribution is 5.73. The summed E-state index contributed by atoms with van der Waals surface area (Å²) in [5.74, 6) is 4.87. The summed E-state index contributed by atoms with van der Waals surface area (Å²) in [5, 5.41) is 29.9. The molecule has 32 heavy (non-hydrogen) atoms. The van der Waals surface area contributed by atoms with Gasteiger partial charge < -0.3 is 25.8 Å². The van der Waals surface area contributed by atoms with Crippen molar-refractivity contribution < 1.29 is 33.2 Å². The molecule has 2 aromatic heterocycles. The molecule has 3 aromatic rings. The van der Waals surface area contributed by atoms with E-state index in [-0.39, 0.29) is 28.5 Å². The van der Waals surface area contributed by atoms with Crippen LogP contribution in [-0.2, 0) is 10.9 Å². The van der Waals surface area contributed by atoms with E-state index in [0.717, 1.165) is 16.7 Å². The van der Waals surface area contributed by atoms with Crippen molar-refractivity contribution >= 4 is 17.1 Å². The van der Waals surface area contributed by atoms with Gasteiger partial charge in [0.05, 0.1) is 12.2 Å². The molecule has 6 N–H and O–H groups in total. The Bertz CT molecular complexity index is 1280. The molecule has 0 bridgehead atoms. The minimum atomic E-state index is -4.49. The van der Waals surface area contributed by atoms with Gasteiger partial charge in [0.15, 0.2) is 23.2 Å². The highest BCUT2D eigenvalue weighted by atomic mass is 19.4. The van der Waals surface area contributed by atoms with Gasteiger partial charge in [-0.3, -0.25) is 14.3 Å². The maximum Gasteiger partial charge on any atom is 0.416 e. The molecule has 10 nitrogen and oxygen atoms in total. The number of aliphatic hydroxyl groups is 3. The number of halogens is 3. The number of aliphatic hydroxyl groups excluding tert-OH is 3. The second kappa shape index (κ2) is 7.92. The quantitative estimate of drug-likeness (QED) is 0.333. The Morgan fingerprint density at radius 2 is 1.84 bits per heavy atom. The van der Waals surface area contributed by atoms with E-state index in [1.807, 2.05) is 0 Å². The smallest absolute Gasteiger partial charge is 0.394 e. The van der Waals surface area contributed by atoms with E-state index in [1.54, 1.807) is 0 Å². The van der Waals surface area contributed by atoms with Crippen LogP contribution in [0, 0.1) is 11.8 Å². The van der Waals surface area contributed by atoms with Crippen LogP contribution in [-0.4, -0.2) is 59.8 Å². The van der Waals surface area contributed by atoms with Gasteiger partial charge in [-0.1, -0.05) is 5.92 Å². The molecule has 1 saturated heterocycles. The van der Waals surface area contributed by atoms with Crippen molar-refractivity contribution in [2.24, 2.45) is 0 Å². The number of aromatic amines is 1. The Morgan fingerprint density at radius 3 is 2.44 bits per heavy atom. The summed E-state index contributed by atoms with van der Waals surface area (Å²) < 4.78 is 44.9. The number of nitrogens with two attached hydrogens (primary N) is 1. The molecule has 1 aliphatic rings. The predicted molar refractivity (Wildman–Crippen MR) is 103 cm³/mol. The van der Waals surface area contributed by atoms with E-state index in [2.05, 4.69) is 26.8 Å². The first kappa shape index (κ1) is 21.8. The summed E-state index contributed by atoms with van der Waals surface area (Å²) in [5.41, 5.74) is 4.00. The van der Waals surface area contributed by atoms with Gasteiger partial charge in [-0.2, -0.15) is 18.2 Å². The van der Waals surface area contributed by atoms with Crippen molar-refractivity contribution in [3.8, 4) is 11.8 Å². The molecular formula is C19H16F3N5O5. The average Bonchev–Trinajstić information content (AvgIpc) is 3.23. The molecule has 0 radical (unpaired) electrons. The lowest BCUT2D eigenvalue weighted by Gasteiger charge is -2.17. The summed E-state index contributed by atoms with van der Waals surface area (Å²) in [6, 6.07) is 4.06. The van der Waals surface area contributed by atoms with Crippen molar-refractivity contribution in [3.05, 3.63) is 51.6 Å². The first-order valence-electron chi connectivity index (χ1n) is 9.19. The number of hydrogen-bond donors (Lipinski definition) is 5. The number of benzene rings is 1. The summed E-state index contributed by atoms with van der Waals surface area (Å²) in [4.78, 5) is 22.6. The van der Waals surface area contributed by atoms with Crippen LogP contribution in [0.1, 0.15) is 23.2 Å². The monoisotopic (exact) mass is 451 g/mol. The molecule has 168 valence electrons. The molecule has 4 rings (SSSR count). The minimum absolute atomic E-state index is 0.0993. The number of rotatable bonds is 2.